The SMILES string of the molecule is Cc1cc(-c2cccc3ccccc23)c(C)c(C)c1C. The Bertz CT molecular complexity index is 789. The quantitative estimate of drug-likeness (QED) is 0.523. The van der Waals surface area contributed by atoms with Crippen LogP contribution in [0.1, 0.15) is 22.3 Å². The molecule has 0 bridgehead atoms. The van der Waals surface area contributed by atoms with Crippen LogP contribution in [0.2, 0.25) is 0 Å². The van der Waals surface area contributed by atoms with E-state index in [1.165, 1.54) is 44.2 Å². The van der Waals surface area contributed by atoms with E-state index in [4.69, 9.17) is 0 Å². The van der Waals surface area contributed by atoms with Crippen LogP contribution in [0, 0.1) is 27.7 Å². The third-order valence-electron chi connectivity index (χ3n) is 4.56. The zero-order valence-electron chi connectivity index (χ0n) is 12.6. The van der Waals surface area contributed by atoms with Gasteiger partial charge in [0.1, 0.15) is 0 Å². The summed E-state index contributed by atoms with van der Waals surface area (Å²) in [6.45, 7) is 8.88. The molecule has 0 aliphatic heterocycles. The monoisotopic (exact) mass is 260 g/mol. The Morgan fingerprint density at radius 1 is 0.600 bits per heavy atom. The molecular formula is C20H20. The topological polar surface area (TPSA) is 0 Å². The van der Waals surface area contributed by atoms with E-state index >= 15 is 0 Å². The molecule has 0 unspecified atom stereocenters. The highest BCUT2D eigenvalue weighted by molar-refractivity contribution is 5.97. The van der Waals surface area contributed by atoms with Crippen molar-refractivity contribution in [1.29, 1.82) is 0 Å². The van der Waals surface area contributed by atoms with Crippen molar-refractivity contribution in [3.8, 4) is 11.1 Å². The van der Waals surface area contributed by atoms with Crippen LogP contribution in [-0.2, 0) is 0 Å². The first-order valence-electron chi connectivity index (χ1n) is 7.15. The molecule has 0 spiro atoms. The zero-order chi connectivity index (χ0) is 14.3. The number of aryl methyl sites for hydroxylation is 1. The van der Waals surface area contributed by atoms with Crippen LogP contribution in [0.4, 0.5) is 0 Å². The largest absolute Gasteiger partial charge is 0.0616 e. The van der Waals surface area contributed by atoms with Crippen molar-refractivity contribution >= 4 is 10.8 Å². The average Bonchev–Trinajstić information content (AvgIpc) is 2.48. The molecule has 3 rings (SSSR count). The van der Waals surface area contributed by atoms with Gasteiger partial charge in [-0.15, -0.1) is 0 Å². The van der Waals surface area contributed by atoms with Crippen molar-refractivity contribution in [3.63, 3.8) is 0 Å². The fourth-order valence-corrected chi connectivity index (χ4v) is 2.95. The molecule has 3 aromatic rings. The highest BCUT2D eigenvalue weighted by Gasteiger charge is 2.11. The lowest BCUT2D eigenvalue weighted by atomic mass is 9.89. The molecule has 0 radical (unpaired) electrons. The summed E-state index contributed by atoms with van der Waals surface area (Å²) in [6.07, 6.45) is 0. The number of fused-ring (bicyclic) bond motifs is 1. The fourth-order valence-electron chi connectivity index (χ4n) is 2.95. The molecule has 0 heterocycles. The van der Waals surface area contributed by atoms with Gasteiger partial charge in [-0.3, -0.25) is 0 Å². The lowest BCUT2D eigenvalue weighted by Crippen LogP contribution is -1.95. The van der Waals surface area contributed by atoms with Crippen molar-refractivity contribution in [2.24, 2.45) is 0 Å². The average molecular weight is 260 g/mol. The molecular weight excluding hydrogens is 240 g/mol. The second-order valence-electron chi connectivity index (χ2n) is 5.64. The van der Waals surface area contributed by atoms with E-state index in [0.29, 0.717) is 0 Å². The van der Waals surface area contributed by atoms with Gasteiger partial charge in [0.2, 0.25) is 0 Å². The van der Waals surface area contributed by atoms with Gasteiger partial charge in [0, 0.05) is 0 Å². The van der Waals surface area contributed by atoms with Gasteiger partial charge in [-0.05, 0) is 71.8 Å². The van der Waals surface area contributed by atoms with Crippen molar-refractivity contribution in [1.82, 2.24) is 0 Å². The van der Waals surface area contributed by atoms with Crippen molar-refractivity contribution in [2.75, 3.05) is 0 Å². The number of hydrogen-bond acceptors (Lipinski definition) is 0. The van der Waals surface area contributed by atoms with E-state index < -0.39 is 0 Å². The van der Waals surface area contributed by atoms with E-state index in [9.17, 15) is 0 Å². The van der Waals surface area contributed by atoms with Gasteiger partial charge in [-0.25, -0.2) is 0 Å². The first kappa shape index (κ1) is 12.9. The molecule has 0 fully saturated rings. The Morgan fingerprint density at radius 2 is 1.30 bits per heavy atom. The molecule has 0 aliphatic carbocycles. The molecule has 0 N–H and O–H groups in total. The molecule has 20 heavy (non-hydrogen) atoms. The van der Waals surface area contributed by atoms with Gasteiger partial charge < -0.3 is 0 Å². The second-order valence-corrected chi connectivity index (χ2v) is 5.64. The van der Waals surface area contributed by atoms with Crippen LogP contribution in [-0.4, -0.2) is 0 Å². The summed E-state index contributed by atoms with van der Waals surface area (Å²) in [5, 5.41) is 2.64. The van der Waals surface area contributed by atoms with Gasteiger partial charge >= 0.3 is 0 Å². The Labute approximate surface area is 121 Å². The van der Waals surface area contributed by atoms with Gasteiger partial charge in [0.15, 0.2) is 0 Å². The maximum atomic E-state index is 2.33. The van der Waals surface area contributed by atoms with Crippen LogP contribution in [0.3, 0.4) is 0 Å². The summed E-state index contributed by atoms with van der Waals surface area (Å²) >= 11 is 0. The summed E-state index contributed by atoms with van der Waals surface area (Å²) in [7, 11) is 0. The molecule has 0 saturated heterocycles. The van der Waals surface area contributed by atoms with Crippen LogP contribution in [0.5, 0.6) is 0 Å². The molecule has 0 aliphatic rings. The van der Waals surface area contributed by atoms with E-state index in [0.717, 1.165) is 0 Å². The summed E-state index contributed by atoms with van der Waals surface area (Å²) in [6, 6.07) is 17.5. The number of rotatable bonds is 1. The van der Waals surface area contributed by atoms with Gasteiger partial charge in [-0.2, -0.15) is 0 Å². The standard InChI is InChI=1S/C20H20/c1-13-12-20(16(4)15(3)14(13)2)19-11-7-9-17-8-5-6-10-18(17)19/h5-12H,1-4H3. The lowest BCUT2D eigenvalue weighted by Gasteiger charge is -2.16. The Hall–Kier alpha value is -2.08. The highest BCUT2D eigenvalue weighted by Crippen LogP contribution is 2.34. The molecule has 0 aromatic heterocycles. The second kappa shape index (κ2) is 4.79. The van der Waals surface area contributed by atoms with Gasteiger partial charge in [0.05, 0.1) is 0 Å². The van der Waals surface area contributed by atoms with Crippen LogP contribution < -0.4 is 0 Å². The third kappa shape index (κ3) is 1.92. The molecule has 100 valence electrons. The smallest absolute Gasteiger partial charge is 0.0103 e. The van der Waals surface area contributed by atoms with E-state index in [-0.39, 0.29) is 0 Å². The lowest BCUT2D eigenvalue weighted by molar-refractivity contribution is 1.22. The van der Waals surface area contributed by atoms with E-state index in [1.807, 2.05) is 0 Å². The maximum absolute atomic E-state index is 2.33. The summed E-state index contributed by atoms with van der Waals surface area (Å²) in [5.74, 6) is 0. The van der Waals surface area contributed by atoms with Crippen molar-refractivity contribution in [2.45, 2.75) is 27.7 Å². The minimum Gasteiger partial charge on any atom is -0.0616 e. The van der Waals surface area contributed by atoms with Crippen molar-refractivity contribution in [3.05, 3.63) is 70.8 Å². The van der Waals surface area contributed by atoms with E-state index in [1.54, 1.807) is 0 Å². The minimum absolute atomic E-state index is 1.31. The first-order chi connectivity index (χ1) is 9.59. The third-order valence-corrected chi connectivity index (χ3v) is 4.56. The zero-order valence-corrected chi connectivity index (χ0v) is 12.6. The molecule has 0 amide bonds. The van der Waals surface area contributed by atoms with Gasteiger partial charge in [-0.1, -0.05) is 48.5 Å². The van der Waals surface area contributed by atoms with Crippen LogP contribution in [0.15, 0.2) is 48.5 Å². The fraction of sp³-hybridized carbons (Fsp3) is 0.200. The normalized spacial score (nSPS) is 11.0. The molecule has 0 nitrogen and oxygen atoms in total. The summed E-state index contributed by atoms with van der Waals surface area (Å²) in [5.41, 5.74) is 8.29. The summed E-state index contributed by atoms with van der Waals surface area (Å²) in [4.78, 5) is 0. The van der Waals surface area contributed by atoms with Crippen LogP contribution >= 0.6 is 0 Å². The number of benzene rings is 3. The Kier molecular flexibility index (Phi) is 3.10. The Morgan fingerprint density at radius 3 is 2.10 bits per heavy atom. The predicted octanol–water partition coefficient (Wildman–Crippen LogP) is 5.74. The van der Waals surface area contributed by atoms with E-state index in [2.05, 4.69) is 76.2 Å². The molecule has 0 saturated carbocycles. The number of hydrogen-bond donors (Lipinski definition) is 0. The highest BCUT2D eigenvalue weighted by atomic mass is 14.1. The van der Waals surface area contributed by atoms with Crippen LogP contribution in [0.25, 0.3) is 21.9 Å². The predicted molar refractivity (Wildman–Crippen MR) is 88.3 cm³/mol. The van der Waals surface area contributed by atoms with Gasteiger partial charge in [0.25, 0.3) is 0 Å². The molecule has 0 atom stereocenters. The maximum Gasteiger partial charge on any atom is -0.0103 e. The summed E-state index contributed by atoms with van der Waals surface area (Å²) < 4.78 is 0. The Balaban J connectivity index is 2.37. The minimum atomic E-state index is 1.31. The molecule has 0 heteroatoms. The van der Waals surface area contributed by atoms with Crippen molar-refractivity contribution < 1.29 is 0 Å². The molecule has 3 aromatic carbocycles. The first-order valence-corrected chi connectivity index (χ1v) is 7.15.